The number of halogens is 1. The summed E-state index contributed by atoms with van der Waals surface area (Å²) in [6.45, 7) is 6.65. The maximum Gasteiger partial charge on any atom is 0.169 e. The van der Waals surface area contributed by atoms with Gasteiger partial charge < -0.3 is 14.3 Å². The lowest BCUT2D eigenvalue weighted by Crippen LogP contribution is -2.18. The van der Waals surface area contributed by atoms with Crippen LogP contribution < -0.4 is 5.32 Å². The van der Waals surface area contributed by atoms with Crippen LogP contribution in [0.4, 0.5) is 0 Å². The molecule has 0 amide bonds. The molecule has 17 heavy (non-hydrogen) atoms. The molecule has 1 N–H and O–H groups in total. The minimum atomic E-state index is 0.148. The molecule has 0 aliphatic rings. The van der Waals surface area contributed by atoms with E-state index < -0.39 is 0 Å². The van der Waals surface area contributed by atoms with Crippen LogP contribution in [0.2, 0.25) is 0 Å². The first-order valence-electron chi connectivity index (χ1n) is 5.48. The molecule has 1 unspecified atom stereocenters. The van der Waals surface area contributed by atoms with E-state index in [1.54, 1.807) is 0 Å². The second-order valence-corrected chi connectivity index (χ2v) is 4.83. The Morgan fingerprint density at radius 1 is 1.41 bits per heavy atom. The van der Waals surface area contributed by atoms with Crippen molar-refractivity contribution in [2.45, 2.75) is 33.4 Å². The molecule has 0 fully saturated rings. The summed E-state index contributed by atoms with van der Waals surface area (Å²) in [7, 11) is 0. The van der Waals surface area contributed by atoms with Gasteiger partial charge in [0, 0.05) is 12.1 Å². The number of nitrogens with one attached hydrogen (secondary N) is 1. The van der Waals surface area contributed by atoms with Crippen LogP contribution in [0.25, 0.3) is 0 Å². The van der Waals surface area contributed by atoms with Gasteiger partial charge in [-0.2, -0.15) is 0 Å². The molecule has 0 aromatic carbocycles. The van der Waals surface area contributed by atoms with E-state index in [1.165, 1.54) is 0 Å². The summed E-state index contributed by atoms with van der Waals surface area (Å²) in [5.41, 5.74) is 2.05. The maximum atomic E-state index is 5.49. The molecule has 2 aromatic rings. The van der Waals surface area contributed by atoms with E-state index in [2.05, 4.69) is 33.3 Å². The van der Waals surface area contributed by atoms with Crippen molar-refractivity contribution in [1.29, 1.82) is 0 Å². The molecular weight excluding hydrogens is 284 g/mol. The van der Waals surface area contributed by atoms with Crippen LogP contribution in [0.15, 0.2) is 25.7 Å². The van der Waals surface area contributed by atoms with Gasteiger partial charge in [-0.05, 0) is 48.8 Å². The van der Waals surface area contributed by atoms with Crippen molar-refractivity contribution in [2.75, 3.05) is 0 Å². The van der Waals surface area contributed by atoms with Gasteiger partial charge in [0.05, 0.1) is 11.7 Å². The van der Waals surface area contributed by atoms with Crippen LogP contribution in [0, 0.1) is 13.8 Å². The summed E-state index contributed by atoms with van der Waals surface area (Å²) in [6, 6.07) is 3.99. The highest BCUT2D eigenvalue weighted by Crippen LogP contribution is 2.21. The fourth-order valence-electron chi connectivity index (χ4n) is 1.67. The van der Waals surface area contributed by atoms with Gasteiger partial charge in [0.1, 0.15) is 11.5 Å². The van der Waals surface area contributed by atoms with Gasteiger partial charge in [0.15, 0.2) is 4.67 Å². The zero-order valence-corrected chi connectivity index (χ0v) is 11.7. The lowest BCUT2D eigenvalue weighted by atomic mass is 10.2. The molecule has 0 radical (unpaired) electrons. The molecular formula is C12H15BrN2O2. The Morgan fingerprint density at radius 2 is 2.18 bits per heavy atom. The Balaban J connectivity index is 1.99. The van der Waals surface area contributed by atoms with Gasteiger partial charge >= 0.3 is 0 Å². The molecule has 2 heterocycles. The normalized spacial score (nSPS) is 12.9. The molecule has 0 saturated carbocycles. The first-order chi connectivity index (χ1) is 8.08. The van der Waals surface area contributed by atoms with Gasteiger partial charge in [-0.25, -0.2) is 0 Å². The van der Waals surface area contributed by atoms with Crippen molar-refractivity contribution < 1.29 is 8.94 Å². The van der Waals surface area contributed by atoms with E-state index in [4.69, 9.17) is 8.94 Å². The number of aryl methyl sites for hydroxylation is 2. The summed E-state index contributed by atoms with van der Waals surface area (Å²) in [5.74, 6) is 1.77. The lowest BCUT2D eigenvalue weighted by Gasteiger charge is -2.10. The fourth-order valence-corrected chi connectivity index (χ4v) is 1.99. The van der Waals surface area contributed by atoms with Gasteiger partial charge in [-0.1, -0.05) is 5.16 Å². The average Bonchev–Trinajstić information content (AvgIpc) is 2.84. The van der Waals surface area contributed by atoms with Crippen LogP contribution in [0.5, 0.6) is 0 Å². The topological polar surface area (TPSA) is 51.2 Å². The summed E-state index contributed by atoms with van der Waals surface area (Å²) in [6.07, 6.45) is 0. The Bertz CT molecular complexity index is 485. The molecule has 0 aliphatic carbocycles. The van der Waals surface area contributed by atoms with Crippen LogP contribution >= 0.6 is 15.9 Å². The monoisotopic (exact) mass is 298 g/mol. The Hall–Kier alpha value is -1.07. The zero-order valence-electron chi connectivity index (χ0n) is 10.1. The van der Waals surface area contributed by atoms with Crippen molar-refractivity contribution in [3.05, 3.63) is 39.6 Å². The molecule has 0 aliphatic heterocycles. The molecule has 5 heteroatoms. The van der Waals surface area contributed by atoms with E-state index in [9.17, 15) is 0 Å². The molecule has 0 spiro atoms. The van der Waals surface area contributed by atoms with Crippen LogP contribution in [0.1, 0.15) is 35.7 Å². The average molecular weight is 299 g/mol. The molecule has 0 saturated heterocycles. The number of furan rings is 1. The van der Waals surface area contributed by atoms with Crippen LogP contribution in [-0.4, -0.2) is 5.16 Å². The predicted octanol–water partition coefficient (Wildman–Crippen LogP) is 3.50. The van der Waals surface area contributed by atoms with Gasteiger partial charge in [0.25, 0.3) is 0 Å². The van der Waals surface area contributed by atoms with Crippen molar-refractivity contribution in [3.63, 3.8) is 0 Å². The van der Waals surface area contributed by atoms with E-state index >= 15 is 0 Å². The van der Waals surface area contributed by atoms with Gasteiger partial charge in [-0.3, -0.25) is 0 Å². The second kappa shape index (κ2) is 5.06. The molecule has 4 nitrogen and oxygen atoms in total. The number of aromatic nitrogens is 1. The Labute approximate surface area is 108 Å². The molecule has 0 bridgehead atoms. The first kappa shape index (κ1) is 12.4. The van der Waals surface area contributed by atoms with E-state index in [-0.39, 0.29) is 6.04 Å². The second-order valence-electron chi connectivity index (χ2n) is 4.05. The molecule has 2 rings (SSSR count). The Morgan fingerprint density at radius 3 is 2.71 bits per heavy atom. The quantitative estimate of drug-likeness (QED) is 0.938. The number of nitrogens with zero attached hydrogens (tertiary/aromatic N) is 1. The van der Waals surface area contributed by atoms with E-state index in [0.717, 1.165) is 34.0 Å². The summed E-state index contributed by atoms with van der Waals surface area (Å²) in [5, 5.41) is 7.31. The number of rotatable bonds is 4. The predicted molar refractivity (Wildman–Crippen MR) is 67.6 cm³/mol. The first-order valence-corrected chi connectivity index (χ1v) is 6.27. The molecule has 92 valence electrons. The largest absolute Gasteiger partial charge is 0.453 e. The van der Waals surface area contributed by atoms with Crippen molar-refractivity contribution in [1.82, 2.24) is 10.5 Å². The SMILES string of the molecule is Cc1noc(C)c1CNC(C)c1ccc(Br)o1. The van der Waals surface area contributed by atoms with Gasteiger partial charge in [-0.15, -0.1) is 0 Å². The highest BCUT2D eigenvalue weighted by atomic mass is 79.9. The van der Waals surface area contributed by atoms with Gasteiger partial charge in [0.2, 0.25) is 0 Å². The third-order valence-corrected chi connectivity index (χ3v) is 3.21. The number of hydrogen-bond acceptors (Lipinski definition) is 4. The van der Waals surface area contributed by atoms with E-state index in [1.807, 2.05) is 26.0 Å². The maximum absolute atomic E-state index is 5.49. The zero-order chi connectivity index (χ0) is 12.4. The summed E-state index contributed by atoms with van der Waals surface area (Å²) >= 11 is 3.29. The minimum Gasteiger partial charge on any atom is -0.453 e. The minimum absolute atomic E-state index is 0.148. The van der Waals surface area contributed by atoms with E-state index in [0.29, 0.717) is 0 Å². The number of hydrogen-bond donors (Lipinski definition) is 1. The van der Waals surface area contributed by atoms with Crippen molar-refractivity contribution in [3.8, 4) is 0 Å². The van der Waals surface area contributed by atoms with Crippen molar-refractivity contribution in [2.24, 2.45) is 0 Å². The highest BCUT2D eigenvalue weighted by molar-refractivity contribution is 9.10. The standard InChI is InChI=1S/C12H15BrN2O2/c1-7-10(9(3)17-15-7)6-14-8(2)11-4-5-12(13)16-11/h4-5,8,14H,6H2,1-3H3. The summed E-state index contributed by atoms with van der Waals surface area (Å²) < 4.78 is 11.4. The fraction of sp³-hybridized carbons (Fsp3) is 0.417. The smallest absolute Gasteiger partial charge is 0.169 e. The Kier molecular flexibility index (Phi) is 3.69. The molecule has 1 atom stereocenters. The lowest BCUT2D eigenvalue weighted by molar-refractivity contribution is 0.390. The summed E-state index contributed by atoms with van der Waals surface area (Å²) in [4.78, 5) is 0. The van der Waals surface area contributed by atoms with Crippen LogP contribution in [-0.2, 0) is 6.54 Å². The van der Waals surface area contributed by atoms with Crippen molar-refractivity contribution >= 4 is 15.9 Å². The third kappa shape index (κ3) is 2.79. The van der Waals surface area contributed by atoms with Crippen LogP contribution in [0.3, 0.4) is 0 Å². The highest BCUT2D eigenvalue weighted by Gasteiger charge is 2.13. The third-order valence-electron chi connectivity index (χ3n) is 2.79. The molecule has 2 aromatic heterocycles.